The number of benzene rings is 3. The second-order valence-electron chi connectivity index (χ2n) is 8.22. The minimum absolute atomic E-state index is 0.315. The van der Waals surface area contributed by atoms with Crippen molar-refractivity contribution in [3.8, 4) is 16.9 Å². The van der Waals surface area contributed by atoms with E-state index < -0.39 is 0 Å². The second-order valence-corrected chi connectivity index (χ2v) is 8.22. The van der Waals surface area contributed by atoms with Crippen LogP contribution < -0.4 is 4.74 Å². The zero-order chi connectivity index (χ0) is 21.9. The topological polar surface area (TPSA) is 26.3 Å². The zero-order valence-electron chi connectivity index (χ0n) is 18.9. The Morgan fingerprint density at radius 2 is 1.06 bits per heavy atom. The number of rotatable bonds is 11. The number of esters is 1. The van der Waals surface area contributed by atoms with Crippen molar-refractivity contribution >= 4 is 5.97 Å². The third kappa shape index (κ3) is 7.10. The van der Waals surface area contributed by atoms with Gasteiger partial charge in [-0.3, -0.25) is 0 Å². The zero-order valence-corrected chi connectivity index (χ0v) is 18.9. The first kappa shape index (κ1) is 22.8. The van der Waals surface area contributed by atoms with E-state index >= 15 is 0 Å². The Labute approximate surface area is 187 Å². The summed E-state index contributed by atoms with van der Waals surface area (Å²) < 4.78 is 5.56. The molecule has 0 aromatic heterocycles. The quantitative estimate of drug-likeness (QED) is 0.180. The number of unbranched alkanes of at least 4 members (excludes halogenated alkanes) is 4. The van der Waals surface area contributed by atoms with Gasteiger partial charge in [0, 0.05) is 0 Å². The van der Waals surface area contributed by atoms with Gasteiger partial charge in [0.15, 0.2) is 0 Å². The number of carbonyl (C=O) groups is 1. The summed E-state index contributed by atoms with van der Waals surface area (Å²) >= 11 is 0. The molecule has 0 aliphatic heterocycles. The maximum atomic E-state index is 12.5. The molecule has 0 radical (unpaired) electrons. The van der Waals surface area contributed by atoms with Crippen LogP contribution in [0.3, 0.4) is 0 Å². The highest BCUT2D eigenvalue weighted by atomic mass is 16.5. The first-order chi connectivity index (χ1) is 15.2. The van der Waals surface area contributed by atoms with Crippen LogP contribution in [0.1, 0.15) is 73.9 Å². The van der Waals surface area contributed by atoms with Crippen molar-refractivity contribution in [2.24, 2.45) is 0 Å². The third-order valence-corrected chi connectivity index (χ3v) is 5.68. The van der Waals surface area contributed by atoms with E-state index in [0.29, 0.717) is 11.3 Å². The Morgan fingerprint density at radius 3 is 1.55 bits per heavy atom. The van der Waals surface area contributed by atoms with Crippen LogP contribution in [0, 0.1) is 0 Å². The highest BCUT2D eigenvalue weighted by molar-refractivity contribution is 5.91. The summed E-state index contributed by atoms with van der Waals surface area (Å²) in [7, 11) is 0. The number of hydrogen-bond donors (Lipinski definition) is 0. The molecule has 3 rings (SSSR count). The molecule has 0 atom stereocenters. The van der Waals surface area contributed by atoms with Crippen LogP contribution in [0.4, 0.5) is 0 Å². The maximum absolute atomic E-state index is 12.5. The van der Waals surface area contributed by atoms with Crippen molar-refractivity contribution in [2.75, 3.05) is 0 Å². The summed E-state index contributed by atoms with van der Waals surface area (Å²) in [5.41, 5.74) is 5.54. The monoisotopic (exact) mass is 414 g/mol. The lowest BCUT2D eigenvalue weighted by Crippen LogP contribution is -2.08. The van der Waals surface area contributed by atoms with Crippen LogP contribution in [0.5, 0.6) is 5.75 Å². The third-order valence-electron chi connectivity index (χ3n) is 5.68. The summed E-state index contributed by atoms with van der Waals surface area (Å²) in [5.74, 6) is 0.251. The van der Waals surface area contributed by atoms with E-state index in [0.717, 1.165) is 18.4 Å². The van der Waals surface area contributed by atoms with Crippen molar-refractivity contribution < 1.29 is 9.53 Å². The lowest BCUT2D eigenvalue weighted by Gasteiger charge is -2.08. The normalized spacial score (nSPS) is 10.8. The Hall–Kier alpha value is -2.87. The molecule has 0 unspecified atom stereocenters. The summed E-state index contributed by atoms with van der Waals surface area (Å²) in [6.07, 6.45) is 9.62. The summed E-state index contributed by atoms with van der Waals surface area (Å²) in [6.45, 7) is 4.44. The number of carbonyl (C=O) groups excluding carboxylic acids is 1. The largest absolute Gasteiger partial charge is 0.423 e. The molecule has 0 saturated heterocycles. The fraction of sp³-hybridized carbons (Fsp3) is 0.345. The number of ether oxygens (including phenoxy) is 1. The van der Waals surface area contributed by atoms with Crippen LogP contribution >= 0.6 is 0 Å². The van der Waals surface area contributed by atoms with Crippen LogP contribution in [-0.2, 0) is 12.8 Å². The van der Waals surface area contributed by atoms with Gasteiger partial charge in [-0.25, -0.2) is 4.79 Å². The van der Waals surface area contributed by atoms with Gasteiger partial charge in [-0.2, -0.15) is 0 Å². The van der Waals surface area contributed by atoms with Crippen molar-refractivity contribution in [1.82, 2.24) is 0 Å². The van der Waals surface area contributed by atoms with Gasteiger partial charge >= 0.3 is 5.97 Å². The fourth-order valence-corrected chi connectivity index (χ4v) is 3.71. The molecule has 3 aromatic rings. The molecule has 0 aliphatic rings. The fourth-order valence-electron chi connectivity index (χ4n) is 3.71. The van der Waals surface area contributed by atoms with E-state index in [2.05, 4.69) is 38.1 Å². The van der Waals surface area contributed by atoms with Crippen LogP contribution in [0.25, 0.3) is 11.1 Å². The van der Waals surface area contributed by atoms with Crippen molar-refractivity contribution in [3.05, 3.63) is 89.5 Å². The van der Waals surface area contributed by atoms with Gasteiger partial charge < -0.3 is 4.74 Å². The van der Waals surface area contributed by atoms with Crippen LogP contribution in [0.2, 0.25) is 0 Å². The van der Waals surface area contributed by atoms with Gasteiger partial charge in [0.25, 0.3) is 0 Å². The van der Waals surface area contributed by atoms with E-state index in [9.17, 15) is 4.79 Å². The van der Waals surface area contributed by atoms with Crippen molar-refractivity contribution in [3.63, 3.8) is 0 Å². The molecule has 0 heterocycles. The van der Waals surface area contributed by atoms with Crippen molar-refractivity contribution in [1.29, 1.82) is 0 Å². The molecule has 0 fully saturated rings. The smallest absolute Gasteiger partial charge is 0.343 e. The highest BCUT2D eigenvalue weighted by Crippen LogP contribution is 2.24. The second kappa shape index (κ2) is 12.1. The van der Waals surface area contributed by atoms with Crippen molar-refractivity contribution in [2.45, 2.75) is 65.2 Å². The van der Waals surface area contributed by atoms with E-state index in [-0.39, 0.29) is 5.97 Å². The Balaban J connectivity index is 1.55. The molecule has 31 heavy (non-hydrogen) atoms. The molecule has 162 valence electrons. The van der Waals surface area contributed by atoms with Gasteiger partial charge in [-0.15, -0.1) is 0 Å². The Bertz CT molecular complexity index is 922. The molecule has 0 saturated carbocycles. The van der Waals surface area contributed by atoms with Gasteiger partial charge in [0.1, 0.15) is 5.75 Å². The first-order valence-corrected chi connectivity index (χ1v) is 11.7. The van der Waals surface area contributed by atoms with Gasteiger partial charge in [-0.1, -0.05) is 88.1 Å². The van der Waals surface area contributed by atoms with Gasteiger partial charge in [0.2, 0.25) is 0 Å². The van der Waals surface area contributed by atoms with Crippen LogP contribution in [-0.4, -0.2) is 5.97 Å². The summed E-state index contributed by atoms with van der Waals surface area (Å²) in [5, 5.41) is 0. The molecule has 0 N–H and O–H groups in total. The predicted octanol–water partition coefficient (Wildman–Crippen LogP) is 8.04. The average Bonchev–Trinajstić information content (AvgIpc) is 2.81. The lowest BCUT2D eigenvalue weighted by molar-refractivity contribution is 0.0735. The molecule has 0 amide bonds. The van der Waals surface area contributed by atoms with Crippen LogP contribution in [0.15, 0.2) is 72.8 Å². The molecule has 3 aromatic carbocycles. The van der Waals surface area contributed by atoms with Gasteiger partial charge in [-0.05, 0) is 72.2 Å². The first-order valence-electron chi connectivity index (χ1n) is 11.7. The number of hydrogen-bond acceptors (Lipinski definition) is 2. The molecule has 2 heteroatoms. The minimum atomic E-state index is -0.315. The summed E-state index contributed by atoms with van der Waals surface area (Å²) in [4.78, 5) is 12.5. The number of aryl methyl sites for hydroxylation is 2. The maximum Gasteiger partial charge on any atom is 0.343 e. The molecule has 2 nitrogen and oxygen atoms in total. The Kier molecular flexibility index (Phi) is 8.90. The van der Waals surface area contributed by atoms with E-state index in [1.54, 1.807) is 0 Å². The minimum Gasteiger partial charge on any atom is -0.423 e. The lowest BCUT2D eigenvalue weighted by atomic mass is 10.0. The predicted molar refractivity (Wildman–Crippen MR) is 130 cm³/mol. The highest BCUT2D eigenvalue weighted by Gasteiger charge is 2.09. The average molecular weight is 415 g/mol. The standard InChI is InChI=1S/C29H34O2/c1-3-5-7-9-23-11-15-25(16-12-23)26-19-21-28(22-20-26)31-29(30)27-17-13-24(14-18-27)10-8-6-4-2/h11-22H,3-10H2,1-2H3. The molecule has 0 spiro atoms. The molecule has 0 bridgehead atoms. The molecule has 0 aliphatic carbocycles. The Morgan fingerprint density at radius 1 is 0.613 bits per heavy atom. The van der Waals surface area contributed by atoms with Gasteiger partial charge in [0.05, 0.1) is 5.56 Å². The van der Waals surface area contributed by atoms with E-state index in [1.807, 2.05) is 48.5 Å². The van der Waals surface area contributed by atoms with E-state index in [4.69, 9.17) is 4.74 Å². The summed E-state index contributed by atoms with van der Waals surface area (Å²) in [6, 6.07) is 24.3. The van der Waals surface area contributed by atoms with E-state index in [1.165, 1.54) is 55.2 Å². The molecular weight excluding hydrogens is 380 g/mol. The SMILES string of the molecule is CCCCCc1ccc(C(=O)Oc2ccc(-c3ccc(CCCCC)cc3)cc2)cc1. The molecular formula is C29H34O2.